The van der Waals surface area contributed by atoms with Gasteiger partial charge in [-0.05, 0) is 36.8 Å². The van der Waals surface area contributed by atoms with Gasteiger partial charge in [0.2, 0.25) is 5.88 Å². The van der Waals surface area contributed by atoms with Crippen molar-refractivity contribution in [2.24, 2.45) is 0 Å². The van der Waals surface area contributed by atoms with Gasteiger partial charge in [-0.2, -0.15) is 13.2 Å². The van der Waals surface area contributed by atoms with Crippen molar-refractivity contribution in [2.45, 2.75) is 19.5 Å². The number of nitrogens with zero attached hydrogens (tertiary/aromatic N) is 1. The Morgan fingerprint density at radius 2 is 1.76 bits per heavy atom. The number of aromatic nitrogens is 1. The lowest BCUT2D eigenvalue weighted by Gasteiger charge is -2.13. The number of fused-ring (bicyclic) bond motifs is 1. The van der Waals surface area contributed by atoms with Crippen LogP contribution in [0.15, 0.2) is 42.5 Å². The molecule has 3 rings (SSSR count). The molecule has 2 nitrogen and oxygen atoms in total. The van der Waals surface area contributed by atoms with Crippen LogP contribution in [0.2, 0.25) is 5.02 Å². The molecule has 0 N–H and O–H groups in total. The van der Waals surface area contributed by atoms with Crippen molar-refractivity contribution in [1.29, 1.82) is 0 Å². The van der Waals surface area contributed by atoms with Crippen LogP contribution in [0.4, 0.5) is 13.2 Å². The van der Waals surface area contributed by atoms with Crippen LogP contribution in [0.3, 0.4) is 0 Å². The predicted molar refractivity (Wildman–Crippen MR) is 92.3 cm³/mol. The van der Waals surface area contributed by atoms with E-state index in [1.54, 1.807) is 0 Å². The summed E-state index contributed by atoms with van der Waals surface area (Å²) in [6.45, 7) is 1.95. The molecule has 0 amide bonds. The van der Waals surface area contributed by atoms with Crippen molar-refractivity contribution in [3.63, 3.8) is 0 Å². The first-order valence-corrected chi connectivity index (χ1v) is 7.96. The minimum absolute atomic E-state index is 0.330. The van der Waals surface area contributed by atoms with Gasteiger partial charge in [-0.1, -0.05) is 35.4 Å². The number of hydrogen-bond acceptors (Lipinski definition) is 2. The molecule has 0 unspecified atom stereocenters. The fourth-order valence-electron chi connectivity index (χ4n) is 2.69. The Balaban J connectivity index is 2.04. The third-order valence-electron chi connectivity index (χ3n) is 3.99. The SMILES string of the molecule is COc1nc2ccc(C)cc2c(Cl)c1Cc1ccc(C(F)(F)F)cc1. The molecule has 25 heavy (non-hydrogen) atoms. The molecule has 0 aliphatic rings. The summed E-state index contributed by atoms with van der Waals surface area (Å²) in [5.41, 5.74) is 2.43. The number of ether oxygens (including phenoxy) is 1. The summed E-state index contributed by atoms with van der Waals surface area (Å²) in [5, 5.41) is 1.30. The second-order valence-corrected chi connectivity index (χ2v) is 6.18. The highest BCUT2D eigenvalue weighted by molar-refractivity contribution is 6.36. The maximum Gasteiger partial charge on any atom is 0.416 e. The third kappa shape index (κ3) is 3.56. The van der Waals surface area contributed by atoms with Gasteiger partial charge in [-0.15, -0.1) is 0 Å². The minimum Gasteiger partial charge on any atom is -0.481 e. The number of hydrogen-bond donors (Lipinski definition) is 0. The summed E-state index contributed by atoms with van der Waals surface area (Å²) < 4.78 is 43.4. The molecule has 0 spiro atoms. The lowest BCUT2D eigenvalue weighted by molar-refractivity contribution is -0.137. The van der Waals surface area contributed by atoms with Crippen LogP contribution in [0.1, 0.15) is 22.3 Å². The van der Waals surface area contributed by atoms with Crippen LogP contribution in [-0.2, 0) is 12.6 Å². The van der Waals surface area contributed by atoms with E-state index in [0.29, 0.717) is 34.0 Å². The van der Waals surface area contributed by atoms with Gasteiger partial charge in [0.1, 0.15) is 0 Å². The molecule has 0 fully saturated rings. The van der Waals surface area contributed by atoms with Crippen LogP contribution in [0.25, 0.3) is 10.9 Å². The molecule has 0 atom stereocenters. The zero-order valence-corrected chi connectivity index (χ0v) is 14.4. The molecule has 3 aromatic rings. The summed E-state index contributed by atoms with van der Waals surface area (Å²) in [4.78, 5) is 4.46. The van der Waals surface area contributed by atoms with Gasteiger partial charge in [0, 0.05) is 17.4 Å². The fraction of sp³-hybridized carbons (Fsp3) is 0.211. The number of halogens is 4. The number of benzene rings is 2. The average molecular weight is 366 g/mol. The molecule has 0 radical (unpaired) electrons. The van der Waals surface area contributed by atoms with Crippen molar-refractivity contribution >= 4 is 22.5 Å². The Kier molecular flexibility index (Phi) is 4.60. The van der Waals surface area contributed by atoms with Crippen molar-refractivity contribution in [2.75, 3.05) is 7.11 Å². The van der Waals surface area contributed by atoms with Gasteiger partial charge in [-0.25, -0.2) is 4.98 Å². The largest absolute Gasteiger partial charge is 0.481 e. The Hall–Kier alpha value is -2.27. The fourth-order valence-corrected chi connectivity index (χ4v) is 2.99. The number of aryl methyl sites for hydroxylation is 1. The van der Waals surface area contributed by atoms with Gasteiger partial charge in [0.15, 0.2) is 0 Å². The lowest BCUT2D eigenvalue weighted by Crippen LogP contribution is -2.05. The van der Waals surface area contributed by atoms with Crippen molar-refractivity contribution in [3.05, 3.63) is 69.7 Å². The van der Waals surface area contributed by atoms with Crippen molar-refractivity contribution in [3.8, 4) is 5.88 Å². The zero-order valence-electron chi connectivity index (χ0n) is 13.6. The minimum atomic E-state index is -4.35. The van der Waals surface area contributed by atoms with Gasteiger partial charge < -0.3 is 4.74 Å². The van der Waals surface area contributed by atoms with E-state index < -0.39 is 11.7 Å². The topological polar surface area (TPSA) is 22.1 Å². The van der Waals surface area contributed by atoms with Crippen LogP contribution >= 0.6 is 11.6 Å². The Bertz CT molecular complexity index is 921. The monoisotopic (exact) mass is 365 g/mol. The van der Waals surface area contributed by atoms with Gasteiger partial charge in [0.25, 0.3) is 0 Å². The zero-order chi connectivity index (χ0) is 18.2. The maximum atomic E-state index is 12.7. The second kappa shape index (κ2) is 6.56. The van der Waals surface area contributed by atoms with Crippen LogP contribution in [0, 0.1) is 6.92 Å². The molecule has 0 aliphatic carbocycles. The van der Waals surface area contributed by atoms with Crippen LogP contribution < -0.4 is 4.74 Å². The van der Waals surface area contributed by atoms with E-state index in [1.807, 2.05) is 25.1 Å². The Labute approximate surface area is 148 Å². The van der Waals surface area contributed by atoms with Crippen molar-refractivity contribution < 1.29 is 17.9 Å². The summed E-state index contributed by atoms with van der Waals surface area (Å²) >= 11 is 6.55. The maximum absolute atomic E-state index is 12.7. The first-order valence-electron chi connectivity index (χ1n) is 7.58. The highest BCUT2D eigenvalue weighted by Gasteiger charge is 2.30. The average Bonchev–Trinajstić information content (AvgIpc) is 2.57. The molecule has 0 aliphatic heterocycles. The first-order chi connectivity index (χ1) is 11.8. The third-order valence-corrected chi connectivity index (χ3v) is 4.42. The van der Waals surface area contributed by atoms with E-state index in [-0.39, 0.29) is 0 Å². The summed E-state index contributed by atoms with van der Waals surface area (Å²) in [6.07, 6.45) is -4.02. The van der Waals surface area contributed by atoms with Gasteiger partial charge in [-0.3, -0.25) is 0 Å². The lowest BCUT2D eigenvalue weighted by atomic mass is 10.0. The van der Waals surface area contributed by atoms with E-state index in [0.717, 1.165) is 23.1 Å². The molecule has 6 heteroatoms. The summed E-state index contributed by atoms with van der Waals surface area (Å²) in [5.74, 6) is 0.376. The molecule has 2 aromatic carbocycles. The number of pyridine rings is 1. The van der Waals surface area contributed by atoms with Gasteiger partial charge >= 0.3 is 6.18 Å². The molecule has 0 saturated carbocycles. The van der Waals surface area contributed by atoms with E-state index >= 15 is 0 Å². The molecular weight excluding hydrogens is 351 g/mol. The number of methoxy groups -OCH3 is 1. The Morgan fingerprint density at radius 3 is 2.36 bits per heavy atom. The number of rotatable bonds is 3. The van der Waals surface area contributed by atoms with Crippen molar-refractivity contribution in [1.82, 2.24) is 4.98 Å². The smallest absolute Gasteiger partial charge is 0.416 e. The quantitative estimate of drug-likeness (QED) is 0.584. The second-order valence-electron chi connectivity index (χ2n) is 5.81. The Morgan fingerprint density at radius 1 is 1.08 bits per heavy atom. The van der Waals surface area contributed by atoms with E-state index in [9.17, 15) is 13.2 Å². The highest BCUT2D eigenvalue weighted by atomic mass is 35.5. The van der Waals surface area contributed by atoms with E-state index in [2.05, 4.69) is 4.98 Å². The molecule has 0 bridgehead atoms. The predicted octanol–water partition coefficient (Wildman–Crippen LogP) is 5.81. The summed E-state index contributed by atoms with van der Waals surface area (Å²) in [6, 6.07) is 10.7. The molecule has 1 aromatic heterocycles. The normalized spacial score (nSPS) is 11.8. The molecule has 130 valence electrons. The number of alkyl halides is 3. The highest BCUT2D eigenvalue weighted by Crippen LogP contribution is 2.35. The van der Waals surface area contributed by atoms with Crippen LogP contribution in [0.5, 0.6) is 5.88 Å². The molecule has 0 saturated heterocycles. The summed E-state index contributed by atoms with van der Waals surface area (Å²) in [7, 11) is 1.49. The van der Waals surface area contributed by atoms with Gasteiger partial charge in [0.05, 0.1) is 23.2 Å². The van der Waals surface area contributed by atoms with E-state index in [4.69, 9.17) is 16.3 Å². The molecule has 1 heterocycles. The standard InChI is InChI=1S/C19H15ClF3NO/c1-11-3-8-16-14(9-11)17(20)15(18(24-16)25-2)10-12-4-6-13(7-5-12)19(21,22)23/h3-9H,10H2,1-2H3. The first kappa shape index (κ1) is 17.5. The van der Waals surface area contributed by atoms with Crippen LogP contribution in [-0.4, -0.2) is 12.1 Å². The molecular formula is C19H15ClF3NO. The van der Waals surface area contributed by atoms with E-state index in [1.165, 1.54) is 19.2 Å².